The molecule has 108 valence electrons. The smallest absolute Gasteiger partial charge is 0.211 e. The summed E-state index contributed by atoms with van der Waals surface area (Å²) >= 11 is 5.55. The summed E-state index contributed by atoms with van der Waals surface area (Å²) in [5.41, 5.74) is 0. The monoisotopic (exact) mass is 295 g/mol. The third-order valence-corrected chi connectivity index (χ3v) is 5.47. The van der Waals surface area contributed by atoms with Crippen LogP contribution in [0.3, 0.4) is 0 Å². The van der Waals surface area contributed by atoms with Crippen LogP contribution in [-0.4, -0.2) is 26.1 Å². The highest BCUT2D eigenvalue weighted by molar-refractivity contribution is 7.89. The Kier molecular flexibility index (Phi) is 7.57. The maximum atomic E-state index is 11.8. The van der Waals surface area contributed by atoms with Gasteiger partial charge in [-0.25, -0.2) is 13.1 Å². The van der Waals surface area contributed by atoms with E-state index in [2.05, 4.69) is 11.6 Å². The van der Waals surface area contributed by atoms with E-state index in [1.165, 1.54) is 25.7 Å². The van der Waals surface area contributed by atoms with Gasteiger partial charge in [0.25, 0.3) is 0 Å². The van der Waals surface area contributed by atoms with E-state index in [1.54, 1.807) is 0 Å². The molecule has 0 aromatic carbocycles. The summed E-state index contributed by atoms with van der Waals surface area (Å²) in [5, 5.41) is 0. The van der Waals surface area contributed by atoms with Crippen molar-refractivity contribution in [3.8, 4) is 0 Å². The molecule has 0 atom stereocenters. The summed E-state index contributed by atoms with van der Waals surface area (Å²) < 4.78 is 26.5. The number of rotatable bonds is 8. The van der Waals surface area contributed by atoms with E-state index in [0.29, 0.717) is 12.3 Å². The Morgan fingerprint density at radius 2 is 1.83 bits per heavy atom. The lowest BCUT2D eigenvalue weighted by Gasteiger charge is -2.28. The Hall–Kier alpha value is 0.200. The molecular weight excluding hydrogens is 270 g/mol. The van der Waals surface area contributed by atoms with Crippen LogP contribution in [0.4, 0.5) is 0 Å². The molecule has 0 aromatic heterocycles. The molecule has 1 N–H and O–H groups in total. The summed E-state index contributed by atoms with van der Waals surface area (Å²) in [6, 6.07) is 0.166. The second-order valence-electron chi connectivity index (χ2n) is 5.34. The lowest BCUT2D eigenvalue weighted by Crippen LogP contribution is -2.38. The minimum absolute atomic E-state index is 0.166. The second-order valence-corrected chi connectivity index (χ2v) is 7.59. The normalized spacial score (nSPS) is 25.2. The van der Waals surface area contributed by atoms with Crippen molar-refractivity contribution in [2.45, 2.75) is 64.3 Å². The van der Waals surface area contributed by atoms with Crippen LogP contribution in [0.25, 0.3) is 0 Å². The van der Waals surface area contributed by atoms with E-state index in [-0.39, 0.29) is 11.8 Å². The molecule has 1 rings (SSSR count). The number of unbranched alkanes of at least 4 members (excludes halogenated alkanes) is 1. The predicted molar refractivity (Wildman–Crippen MR) is 77.5 cm³/mol. The van der Waals surface area contributed by atoms with Crippen LogP contribution in [0.2, 0.25) is 0 Å². The number of hydrogen-bond acceptors (Lipinski definition) is 2. The maximum Gasteiger partial charge on any atom is 0.211 e. The fraction of sp³-hybridized carbons (Fsp3) is 1.00. The number of nitrogens with one attached hydrogen (secondary N) is 1. The molecule has 0 aromatic rings. The van der Waals surface area contributed by atoms with Gasteiger partial charge in [0, 0.05) is 11.9 Å². The average molecular weight is 296 g/mol. The molecule has 0 bridgehead atoms. The van der Waals surface area contributed by atoms with Crippen molar-refractivity contribution in [2.24, 2.45) is 5.92 Å². The van der Waals surface area contributed by atoms with E-state index in [1.807, 2.05) is 0 Å². The molecule has 1 aliphatic rings. The van der Waals surface area contributed by atoms with Gasteiger partial charge < -0.3 is 0 Å². The van der Waals surface area contributed by atoms with Gasteiger partial charge in [-0.1, -0.05) is 19.8 Å². The first-order chi connectivity index (χ1) is 8.57. The van der Waals surface area contributed by atoms with Gasteiger partial charge in [-0.2, -0.15) is 0 Å². The number of alkyl halides is 1. The van der Waals surface area contributed by atoms with Crippen LogP contribution in [0.5, 0.6) is 0 Å². The Balaban J connectivity index is 2.27. The molecule has 0 heterocycles. The predicted octanol–water partition coefficient (Wildman–Crippen LogP) is 3.28. The third-order valence-electron chi connectivity index (χ3n) is 3.69. The van der Waals surface area contributed by atoms with Crippen molar-refractivity contribution >= 4 is 21.6 Å². The lowest BCUT2D eigenvalue weighted by molar-refractivity contribution is 0.297. The molecule has 0 spiro atoms. The van der Waals surface area contributed by atoms with Gasteiger partial charge >= 0.3 is 0 Å². The fourth-order valence-corrected chi connectivity index (χ4v) is 4.31. The van der Waals surface area contributed by atoms with E-state index < -0.39 is 10.0 Å². The quantitative estimate of drug-likeness (QED) is 0.552. The molecule has 1 saturated carbocycles. The molecule has 0 aliphatic heterocycles. The van der Waals surface area contributed by atoms with Crippen molar-refractivity contribution < 1.29 is 8.42 Å². The van der Waals surface area contributed by atoms with Gasteiger partial charge in [-0.05, 0) is 44.4 Å². The zero-order valence-corrected chi connectivity index (χ0v) is 12.9. The Morgan fingerprint density at radius 1 is 1.17 bits per heavy atom. The molecule has 0 unspecified atom stereocenters. The highest BCUT2D eigenvalue weighted by atomic mass is 35.5. The number of sulfonamides is 1. The molecule has 5 heteroatoms. The molecule has 18 heavy (non-hydrogen) atoms. The van der Waals surface area contributed by atoms with Crippen LogP contribution in [0.15, 0.2) is 0 Å². The third kappa shape index (κ3) is 6.39. The Bertz CT molecular complexity index is 311. The molecule has 0 radical (unpaired) electrons. The zero-order chi connectivity index (χ0) is 13.4. The van der Waals surface area contributed by atoms with E-state index in [0.717, 1.165) is 25.2 Å². The van der Waals surface area contributed by atoms with Crippen molar-refractivity contribution in [2.75, 3.05) is 11.6 Å². The summed E-state index contributed by atoms with van der Waals surface area (Å²) in [7, 11) is -3.09. The Morgan fingerprint density at radius 3 is 2.39 bits per heavy atom. The van der Waals surface area contributed by atoms with Crippen LogP contribution in [-0.2, 0) is 10.0 Å². The van der Waals surface area contributed by atoms with Crippen LogP contribution in [0.1, 0.15) is 58.3 Å². The first kappa shape index (κ1) is 16.3. The molecule has 0 amide bonds. The minimum Gasteiger partial charge on any atom is -0.212 e. The zero-order valence-electron chi connectivity index (χ0n) is 11.3. The summed E-state index contributed by atoms with van der Waals surface area (Å²) in [4.78, 5) is 0. The average Bonchev–Trinajstić information content (AvgIpc) is 2.32. The first-order valence-corrected chi connectivity index (χ1v) is 9.32. The highest BCUT2D eigenvalue weighted by Gasteiger charge is 2.23. The van der Waals surface area contributed by atoms with E-state index in [9.17, 15) is 8.42 Å². The van der Waals surface area contributed by atoms with Crippen molar-refractivity contribution in [3.63, 3.8) is 0 Å². The van der Waals surface area contributed by atoms with Crippen molar-refractivity contribution in [1.29, 1.82) is 0 Å². The number of hydrogen-bond donors (Lipinski definition) is 1. The second kappa shape index (κ2) is 8.39. The van der Waals surface area contributed by atoms with Crippen molar-refractivity contribution in [1.82, 2.24) is 4.72 Å². The summed E-state index contributed by atoms with van der Waals surface area (Å²) in [6.45, 7) is 2.21. The van der Waals surface area contributed by atoms with Crippen LogP contribution >= 0.6 is 11.6 Å². The van der Waals surface area contributed by atoms with Gasteiger partial charge in [0.2, 0.25) is 10.0 Å². The number of halogens is 1. The van der Waals surface area contributed by atoms with Crippen LogP contribution in [0, 0.1) is 5.92 Å². The van der Waals surface area contributed by atoms with Crippen molar-refractivity contribution in [3.05, 3.63) is 0 Å². The highest BCUT2D eigenvalue weighted by Crippen LogP contribution is 2.28. The topological polar surface area (TPSA) is 46.2 Å². The molecule has 1 aliphatic carbocycles. The molecule has 1 fully saturated rings. The van der Waals surface area contributed by atoms with E-state index in [4.69, 9.17) is 11.6 Å². The van der Waals surface area contributed by atoms with Crippen LogP contribution < -0.4 is 4.72 Å². The lowest BCUT2D eigenvalue weighted by atomic mass is 9.84. The minimum atomic E-state index is -3.09. The van der Waals surface area contributed by atoms with E-state index >= 15 is 0 Å². The fourth-order valence-electron chi connectivity index (χ4n) is 2.68. The standard InChI is InChI=1S/C13H26ClNO2S/c1-2-5-12-6-8-13(9-7-12)15-18(16,17)11-4-3-10-14/h12-13,15H,2-11H2,1H3. The van der Waals surface area contributed by atoms with Gasteiger partial charge in [0.1, 0.15) is 0 Å². The van der Waals surface area contributed by atoms with Gasteiger partial charge in [-0.3, -0.25) is 0 Å². The van der Waals surface area contributed by atoms with Gasteiger partial charge in [-0.15, -0.1) is 11.6 Å². The van der Waals surface area contributed by atoms with Gasteiger partial charge in [0.05, 0.1) is 5.75 Å². The molecule has 0 saturated heterocycles. The first-order valence-electron chi connectivity index (χ1n) is 7.13. The molecular formula is C13H26ClNO2S. The summed E-state index contributed by atoms with van der Waals surface area (Å²) in [6.07, 6.45) is 8.29. The largest absolute Gasteiger partial charge is 0.212 e. The SMILES string of the molecule is CCCC1CCC(NS(=O)(=O)CCCCCl)CC1. The maximum absolute atomic E-state index is 11.8. The van der Waals surface area contributed by atoms with Gasteiger partial charge in [0.15, 0.2) is 0 Å². The Labute approximate surface area is 117 Å². The molecule has 3 nitrogen and oxygen atoms in total. The summed E-state index contributed by atoms with van der Waals surface area (Å²) in [5.74, 6) is 1.57.